The first-order valence-electron chi connectivity index (χ1n) is 12.9. The molecule has 1 atom stereocenters. The number of allylic oxidation sites excluding steroid dienone is 4. The van der Waals surface area contributed by atoms with Crippen molar-refractivity contribution in [3.63, 3.8) is 0 Å². The van der Waals surface area contributed by atoms with E-state index in [-0.39, 0.29) is 11.7 Å². The fourth-order valence-corrected chi connectivity index (χ4v) is 5.43. The quantitative estimate of drug-likeness (QED) is 0.541. The van der Waals surface area contributed by atoms with Crippen LogP contribution in [0.1, 0.15) is 23.1 Å². The molecule has 2 aliphatic heterocycles. The molecule has 2 heterocycles. The summed E-state index contributed by atoms with van der Waals surface area (Å²) in [5, 5.41) is 5.47. The molecule has 0 fully saturated rings. The molecule has 3 nitrogen and oxygen atoms in total. The molecule has 0 saturated heterocycles. The van der Waals surface area contributed by atoms with E-state index in [0.717, 1.165) is 36.1 Å². The highest BCUT2D eigenvalue weighted by Crippen LogP contribution is 2.29. The first-order valence-corrected chi connectivity index (χ1v) is 12.9. The maximum Gasteiger partial charge on any atom is 0.169 e. The minimum atomic E-state index is -0.0883. The molecule has 1 N–H and O–H groups in total. The highest BCUT2D eigenvalue weighted by atomic mass is 16.5. The Morgan fingerprint density at radius 1 is 0.811 bits per heavy atom. The van der Waals surface area contributed by atoms with Gasteiger partial charge in [-0.3, -0.25) is 4.79 Å². The molecule has 182 valence electrons. The van der Waals surface area contributed by atoms with Crippen LogP contribution in [0.25, 0.3) is 29.4 Å². The van der Waals surface area contributed by atoms with Crippen LogP contribution in [-0.4, -0.2) is 12.4 Å². The molecule has 1 unspecified atom stereocenters. The normalized spacial score (nSPS) is 17.8. The van der Waals surface area contributed by atoms with Crippen LogP contribution in [0.15, 0.2) is 103 Å². The second kappa shape index (κ2) is 10.3. The highest BCUT2D eigenvalue weighted by Gasteiger charge is 2.26. The molecule has 2 aliphatic carbocycles. The largest absolute Gasteiger partial charge is 0.488 e. The van der Waals surface area contributed by atoms with E-state index in [1.807, 2.05) is 67.0 Å². The van der Waals surface area contributed by atoms with Gasteiger partial charge in [-0.25, -0.2) is 0 Å². The van der Waals surface area contributed by atoms with Crippen LogP contribution in [-0.2, 0) is 17.6 Å². The number of nitrogens with one attached hydrogen (secondary N) is 1. The number of aryl methyl sites for hydroxylation is 1. The second-order valence-corrected chi connectivity index (χ2v) is 9.61. The number of fused-ring (bicyclic) bond motifs is 6. The minimum Gasteiger partial charge on any atom is -0.488 e. The molecule has 0 amide bonds. The van der Waals surface area contributed by atoms with Crippen LogP contribution in [0, 0.1) is 5.92 Å². The lowest BCUT2D eigenvalue weighted by atomic mass is 9.82. The molecule has 0 bridgehead atoms. The van der Waals surface area contributed by atoms with Gasteiger partial charge in [0.15, 0.2) is 5.78 Å². The van der Waals surface area contributed by atoms with Gasteiger partial charge in [0, 0.05) is 29.5 Å². The summed E-state index contributed by atoms with van der Waals surface area (Å²) in [5.74, 6) is 0.966. The summed E-state index contributed by atoms with van der Waals surface area (Å²) in [4.78, 5) is 13.3. The smallest absolute Gasteiger partial charge is 0.169 e. The van der Waals surface area contributed by atoms with Gasteiger partial charge < -0.3 is 10.1 Å². The van der Waals surface area contributed by atoms with Crippen molar-refractivity contribution < 1.29 is 9.53 Å². The van der Waals surface area contributed by atoms with E-state index in [4.69, 9.17) is 4.74 Å². The Kier molecular flexibility index (Phi) is 6.43. The van der Waals surface area contributed by atoms with Gasteiger partial charge in [-0.05, 0) is 76.2 Å². The van der Waals surface area contributed by atoms with Crippen molar-refractivity contribution in [1.29, 1.82) is 0 Å². The van der Waals surface area contributed by atoms with Gasteiger partial charge in [0.2, 0.25) is 0 Å². The van der Waals surface area contributed by atoms with Crippen LogP contribution in [0.5, 0.6) is 5.75 Å². The van der Waals surface area contributed by atoms with Crippen molar-refractivity contribution in [2.75, 3.05) is 6.61 Å². The number of hydrogen-bond donors (Lipinski definition) is 1. The Balaban J connectivity index is 0.000000314. The highest BCUT2D eigenvalue weighted by molar-refractivity contribution is 6.05. The van der Waals surface area contributed by atoms with E-state index in [9.17, 15) is 4.79 Å². The van der Waals surface area contributed by atoms with Crippen LogP contribution in [0.3, 0.4) is 0 Å². The van der Waals surface area contributed by atoms with Crippen molar-refractivity contribution in [3.8, 4) is 16.9 Å². The SMILES string of the molecule is C1=CC=CNC=C1.O=C(C1=Cc2ccccc2OC1)C1C=c2c(ccc3c2=CCc2ccccc2-3)CC1. The summed E-state index contributed by atoms with van der Waals surface area (Å²) < 4.78 is 5.84. The average molecular weight is 484 g/mol. The van der Waals surface area contributed by atoms with Gasteiger partial charge in [-0.1, -0.05) is 78.9 Å². The van der Waals surface area contributed by atoms with Gasteiger partial charge in [0.25, 0.3) is 0 Å². The van der Waals surface area contributed by atoms with Crippen LogP contribution in [0.4, 0.5) is 0 Å². The number of rotatable bonds is 2. The second-order valence-electron chi connectivity index (χ2n) is 9.61. The van der Waals surface area contributed by atoms with E-state index in [1.165, 1.54) is 32.7 Å². The van der Waals surface area contributed by atoms with E-state index in [2.05, 4.69) is 53.9 Å². The zero-order chi connectivity index (χ0) is 25.0. The summed E-state index contributed by atoms with van der Waals surface area (Å²) in [6.45, 7) is 0.361. The lowest BCUT2D eigenvalue weighted by Crippen LogP contribution is -2.37. The molecule has 0 saturated carbocycles. The third-order valence-corrected chi connectivity index (χ3v) is 7.31. The maximum absolute atomic E-state index is 13.3. The molecular weight excluding hydrogens is 454 g/mol. The lowest BCUT2D eigenvalue weighted by molar-refractivity contribution is -0.118. The number of hydrogen-bond acceptors (Lipinski definition) is 3. The number of para-hydroxylation sites is 1. The first-order chi connectivity index (χ1) is 18.3. The van der Waals surface area contributed by atoms with Crippen molar-refractivity contribution >= 4 is 24.0 Å². The molecule has 0 aromatic heterocycles. The molecule has 3 heteroatoms. The van der Waals surface area contributed by atoms with Crippen molar-refractivity contribution in [2.24, 2.45) is 5.92 Å². The van der Waals surface area contributed by atoms with Crippen LogP contribution >= 0.6 is 0 Å². The van der Waals surface area contributed by atoms with Crippen molar-refractivity contribution in [1.82, 2.24) is 5.32 Å². The van der Waals surface area contributed by atoms with Crippen LogP contribution in [0.2, 0.25) is 0 Å². The van der Waals surface area contributed by atoms with Gasteiger partial charge in [-0.15, -0.1) is 0 Å². The number of carbonyl (C=O) groups is 1. The monoisotopic (exact) mass is 483 g/mol. The summed E-state index contributed by atoms with van der Waals surface area (Å²) >= 11 is 0. The summed E-state index contributed by atoms with van der Waals surface area (Å²) in [6.07, 6.45) is 20.9. The predicted molar refractivity (Wildman–Crippen MR) is 151 cm³/mol. The van der Waals surface area contributed by atoms with Gasteiger partial charge in [-0.2, -0.15) is 0 Å². The summed E-state index contributed by atoms with van der Waals surface area (Å²) in [5.41, 5.74) is 7.10. The van der Waals surface area contributed by atoms with E-state index in [0.29, 0.717) is 6.61 Å². The minimum absolute atomic E-state index is 0.0883. The standard InChI is InChI=1S/C28H22O2.C6H7N/c29-28(22-15-20-6-2-4-8-27(20)30-17-22)21-10-9-19-12-13-24-23-7-3-1-5-18(23)11-14-25(24)26(19)16-21;1-2-4-6-7-5-3-1/h1-8,12-16,21H,9-11,17H2;1-7H. The molecule has 0 spiro atoms. The number of benzene rings is 3. The van der Waals surface area contributed by atoms with Gasteiger partial charge >= 0.3 is 0 Å². The van der Waals surface area contributed by atoms with Gasteiger partial charge in [0.1, 0.15) is 12.4 Å². The lowest BCUT2D eigenvalue weighted by Gasteiger charge is -2.23. The zero-order valence-electron chi connectivity index (χ0n) is 20.7. The van der Waals surface area contributed by atoms with Crippen molar-refractivity contribution in [3.05, 3.63) is 130 Å². The van der Waals surface area contributed by atoms with E-state index in [1.54, 1.807) is 0 Å². The fraction of sp³-hybridized carbons (Fsp3) is 0.147. The Morgan fingerprint density at radius 3 is 2.51 bits per heavy atom. The third-order valence-electron chi connectivity index (χ3n) is 7.31. The number of carbonyl (C=O) groups excluding carboxylic acids is 1. The van der Waals surface area contributed by atoms with Crippen LogP contribution < -0.4 is 20.5 Å². The van der Waals surface area contributed by atoms with Crippen molar-refractivity contribution in [2.45, 2.75) is 19.3 Å². The molecule has 0 radical (unpaired) electrons. The van der Waals surface area contributed by atoms with E-state index >= 15 is 0 Å². The predicted octanol–water partition coefficient (Wildman–Crippen LogP) is 5.25. The molecule has 37 heavy (non-hydrogen) atoms. The number of ketones is 1. The third kappa shape index (κ3) is 4.73. The fourth-order valence-electron chi connectivity index (χ4n) is 5.43. The van der Waals surface area contributed by atoms with E-state index < -0.39 is 0 Å². The molecule has 4 aliphatic rings. The summed E-state index contributed by atoms with van der Waals surface area (Å²) in [6, 6.07) is 21.0. The number of Topliss-reactive ketones (excluding diaryl/α,β-unsaturated/α-hetero) is 1. The Morgan fingerprint density at radius 2 is 1.62 bits per heavy atom. The average Bonchev–Trinajstić information content (AvgIpc) is 3.30. The topological polar surface area (TPSA) is 38.3 Å². The molecule has 3 aromatic carbocycles. The zero-order valence-corrected chi connectivity index (χ0v) is 20.7. The summed E-state index contributed by atoms with van der Waals surface area (Å²) in [7, 11) is 0. The molecular formula is C34H29NO2. The number of ether oxygens (including phenoxy) is 1. The Bertz CT molecular complexity index is 1590. The maximum atomic E-state index is 13.3. The van der Waals surface area contributed by atoms with Gasteiger partial charge in [0.05, 0.1) is 0 Å². The first kappa shape index (κ1) is 23.1. The Hall–Kier alpha value is -4.37. The Labute approximate surface area is 217 Å². The molecule has 3 aromatic rings. The molecule has 7 rings (SSSR count).